The lowest BCUT2D eigenvalue weighted by molar-refractivity contribution is -0.144. The van der Waals surface area contributed by atoms with Gasteiger partial charge in [0.05, 0.1) is 31.8 Å². The van der Waals surface area contributed by atoms with Gasteiger partial charge in [0.25, 0.3) is 0 Å². The maximum atomic E-state index is 12.0. The van der Waals surface area contributed by atoms with Gasteiger partial charge in [-0.25, -0.2) is 0 Å². The number of hydrogen-bond donors (Lipinski definition) is 1. The van der Waals surface area contributed by atoms with E-state index in [-0.39, 0.29) is 24.0 Å². The van der Waals surface area contributed by atoms with Crippen LogP contribution in [0.15, 0.2) is 22.7 Å². The molecule has 1 aromatic rings. The second-order valence-corrected chi connectivity index (χ2v) is 8.17. The summed E-state index contributed by atoms with van der Waals surface area (Å²) in [6.07, 6.45) is 4.67. The van der Waals surface area contributed by atoms with E-state index in [2.05, 4.69) is 26.9 Å². The summed E-state index contributed by atoms with van der Waals surface area (Å²) in [5, 5.41) is 10.1. The van der Waals surface area contributed by atoms with Crippen molar-refractivity contribution in [2.75, 3.05) is 26.8 Å². The molecule has 2 heterocycles. The summed E-state index contributed by atoms with van der Waals surface area (Å²) in [5.74, 6) is 1.24. The van der Waals surface area contributed by atoms with Crippen molar-refractivity contribution < 1.29 is 24.1 Å². The number of benzene rings is 1. The van der Waals surface area contributed by atoms with Gasteiger partial charge < -0.3 is 19.3 Å². The lowest BCUT2D eigenvalue weighted by Crippen LogP contribution is -2.43. The molecule has 3 atom stereocenters. The predicted molar refractivity (Wildman–Crippen MR) is 103 cm³/mol. The molecule has 0 radical (unpaired) electrons. The Morgan fingerprint density at radius 2 is 2.33 bits per heavy atom. The van der Waals surface area contributed by atoms with Crippen LogP contribution in [0.3, 0.4) is 0 Å². The van der Waals surface area contributed by atoms with E-state index in [0.717, 1.165) is 34.3 Å². The summed E-state index contributed by atoms with van der Waals surface area (Å²) >= 11 is 3.70. The molecule has 0 saturated heterocycles. The van der Waals surface area contributed by atoms with Crippen LogP contribution in [0.25, 0.3) is 0 Å². The fraction of sp³-hybridized carbons (Fsp3) is 0.550. The largest absolute Gasteiger partial charge is 0.493 e. The first kappa shape index (κ1) is 18.8. The molecule has 146 valence electrons. The number of carbonyl (C=O) groups is 1. The average molecular weight is 438 g/mol. The number of hydrogen-bond acceptors (Lipinski definition) is 6. The van der Waals surface area contributed by atoms with Gasteiger partial charge in [-0.05, 0) is 25.0 Å². The standard InChI is InChI=1S/C20H24BrNO5/c1-3-26-17(24)11-22-7-6-20-5-4-12(23)8-16(20)27-19-15(25-2)9-14(21)13(10-22)18(19)20/h4-5,9,12,16,23H,3,6-8,10-11H2,1-2H3/t12-,16-,20-/m1/s1. The molecule has 0 unspecified atom stereocenters. The Labute approximate surface area is 167 Å². The lowest BCUT2D eigenvalue weighted by atomic mass is 9.69. The van der Waals surface area contributed by atoms with Crippen molar-refractivity contribution >= 4 is 21.9 Å². The molecule has 1 aromatic carbocycles. The zero-order valence-electron chi connectivity index (χ0n) is 15.5. The van der Waals surface area contributed by atoms with Gasteiger partial charge in [0.1, 0.15) is 6.10 Å². The normalized spacial score (nSPS) is 28.7. The number of methoxy groups -OCH3 is 1. The average Bonchev–Trinajstić information content (AvgIpc) is 2.86. The number of aliphatic hydroxyl groups excluding tert-OH is 1. The number of halogens is 1. The molecule has 1 N–H and O–H groups in total. The van der Waals surface area contributed by atoms with E-state index in [0.29, 0.717) is 25.3 Å². The van der Waals surface area contributed by atoms with Crippen LogP contribution >= 0.6 is 15.9 Å². The molecule has 7 heteroatoms. The first-order valence-electron chi connectivity index (χ1n) is 9.30. The fourth-order valence-electron chi connectivity index (χ4n) is 4.54. The molecule has 1 aliphatic carbocycles. The highest BCUT2D eigenvalue weighted by Gasteiger charge is 2.53. The van der Waals surface area contributed by atoms with E-state index in [4.69, 9.17) is 14.2 Å². The Hall–Kier alpha value is -1.57. The Morgan fingerprint density at radius 1 is 1.52 bits per heavy atom. The monoisotopic (exact) mass is 437 g/mol. The minimum Gasteiger partial charge on any atom is -0.493 e. The van der Waals surface area contributed by atoms with Crippen molar-refractivity contribution in [1.82, 2.24) is 4.90 Å². The molecule has 0 amide bonds. The van der Waals surface area contributed by atoms with Crippen LogP contribution in [0.1, 0.15) is 30.9 Å². The summed E-state index contributed by atoms with van der Waals surface area (Å²) in [5.41, 5.74) is 1.91. The van der Waals surface area contributed by atoms with Gasteiger partial charge in [0.15, 0.2) is 11.5 Å². The second-order valence-electron chi connectivity index (χ2n) is 7.32. The molecule has 27 heavy (non-hydrogen) atoms. The minimum atomic E-state index is -0.508. The molecule has 0 saturated carbocycles. The van der Waals surface area contributed by atoms with Gasteiger partial charge in [0, 0.05) is 29.5 Å². The smallest absolute Gasteiger partial charge is 0.320 e. The maximum Gasteiger partial charge on any atom is 0.320 e. The minimum absolute atomic E-state index is 0.142. The van der Waals surface area contributed by atoms with Gasteiger partial charge in [-0.3, -0.25) is 9.69 Å². The molecule has 4 rings (SSSR count). The van der Waals surface area contributed by atoms with E-state index in [1.54, 1.807) is 7.11 Å². The highest BCUT2D eigenvalue weighted by atomic mass is 79.9. The van der Waals surface area contributed by atoms with Crippen molar-refractivity contribution in [3.8, 4) is 11.5 Å². The number of carbonyl (C=O) groups excluding carboxylic acids is 1. The summed E-state index contributed by atoms with van der Waals surface area (Å²) in [6.45, 7) is 3.82. The maximum absolute atomic E-state index is 12.0. The van der Waals surface area contributed by atoms with E-state index in [9.17, 15) is 9.90 Å². The number of aliphatic hydroxyl groups is 1. The fourth-order valence-corrected chi connectivity index (χ4v) is 5.07. The van der Waals surface area contributed by atoms with E-state index in [1.165, 1.54) is 0 Å². The molecule has 0 bridgehead atoms. The lowest BCUT2D eigenvalue weighted by Gasteiger charge is -2.35. The van der Waals surface area contributed by atoms with Crippen LogP contribution < -0.4 is 9.47 Å². The number of ether oxygens (including phenoxy) is 3. The Bertz CT molecular complexity index is 795. The summed E-state index contributed by atoms with van der Waals surface area (Å²) < 4.78 is 18.0. The Kier molecular flexibility index (Phi) is 4.94. The third kappa shape index (κ3) is 3.05. The second kappa shape index (κ2) is 7.11. The molecule has 1 spiro atoms. The van der Waals surface area contributed by atoms with E-state index in [1.807, 2.05) is 19.1 Å². The van der Waals surface area contributed by atoms with E-state index < -0.39 is 6.10 Å². The first-order chi connectivity index (χ1) is 13.0. The van der Waals surface area contributed by atoms with Crippen LogP contribution in [0.4, 0.5) is 0 Å². The number of rotatable bonds is 4. The number of esters is 1. The highest BCUT2D eigenvalue weighted by molar-refractivity contribution is 9.10. The van der Waals surface area contributed by atoms with Gasteiger partial charge in [-0.15, -0.1) is 0 Å². The van der Waals surface area contributed by atoms with E-state index >= 15 is 0 Å². The summed E-state index contributed by atoms with van der Waals surface area (Å²) in [7, 11) is 1.64. The summed E-state index contributed by atoms with van der Waals surface area (Å²) in [4.78, 5) is 14.2. The van der Waals surface area contributed by atoms with Crippen LogP contribution in [0.5, 0.6) is 11.5 Å². The molecular formula is C20H24BrNO5. The van der Waals surface area contributed by atoms with Crippen LogP contribution in [-0.4, -0.2) is 55.0 Å². The first-order valence-corrected chi connectivity index (χ1v) is 10.1. The van der Waals surface area contributed by atoms with Gasteiger partial charge in [-0.1, -0.05) is 28.1 Å². The third-order valence-corrected chi connectivity index (χ3v) is 6.48. The SMILES string of the molecule is CCOC(=O)CN1CC[C@]23C=C[C@@H](O)C[C@H]2Oc2c(OC)cc(Br)c(c23)C1. The molecule has 2 aliphatic heterocycles. The van der Waals surface area contributed by atoms with Crippen LogP contribution in [0, 0.1) is 0 Å². The number of nitrogens with zero attached hydrogens (tertiary/aromatic N) is 1. The molecule has 6 nitrogen and oxygen atoms in total. The van der Waals surface area contributed by atoms with Crippen molar-refractivity contribution in [1.29, 1.82) is 0 Å². The zero-order chi connectivity index (χ0) is 19.2. The topological polar surface area (TPSA) is 68.2 Å². The molecule has 3 aliphatic rings. The van der Waals surface area contributed by atoms with Crippen molar-refractivity contribution in [2.45, 2.75) is 43.9 Å². The third-order valence-electron chi connectivity index (χ3n) is 5.77. The predicted octanol–water partition coefficient (Wildman–Crippen LogP) is 2.55. The molecule has 0 fully saturated rings. The van der Waals surface area contributed by atoms with Gasteiger partial charge in [-0.2, -0.15) is 0 Å². The Balaban J connectivity index is 1.80. The van der Waals surface area contributed by atoms with Crippen molar-refractivity contribution in [2.24, 2.45) is 0 Å². The van der Waals surface area contributed by atoms with Crippen LogP contribution in [0.2, 0.25) is 0 Å². The molecular weight excluding hydrogens is 414 g/mol. The quantitative estimate of drug-likeness (QED) is 0.576. The zero-order valence-corrected chi connectivity index (χ0v) is 17.1. The van der Waals surface area contributed by atoms with Gasteiger partial charge in [0.2, 0.25) is 0 Å². The van der Waals surface area contributed by atoms with Crippen molar-refractivity contribution in [3.63, 3.8) is 0 Å². The van der Waals surface area contributed by atoms with Crippen LogP contribution in [-0.2, 0) is 21.5 Å². The Morgan fingerprint density at radius 3 is 3.07 bits per heavy atom. The van der Waals surface area contributed by atoms with Crippen molar-refractivity contribution in [3.05, 3.63) is 33.8 Å². The molecule has 0 aromatic heterocycles. The van der Waals surface area contributed by atoms with Gasteiger partial charge >= 0.3 is 5.97 Å². The highest BCUT2D eigenvalue weighted by Crippen LogP contribution is 2.57. The summed E-state index contributed by atoms with van der Waals surface area (Å²) in [6, 6.07) is 1.92.